The van der Waals surface area contributed by atoms with Gasteiger partial charge in [-0.25, -0.2) is 0 Å². The maximum atomic E-state index is 12.5. The van der Waals surface area contributed by atoms with Gasteiger partial charge in [0.25, 0.3) is 0 Å². The van der Waals surface area contributed by atoms with Gasteiger partial charge < -0.3 is 15.5 Å². The second kappa shape index (κ2) is 53.9. The van der Waals surface area contributed by atoms with Crippen LogP contribution in [-0.2, 0) is 4.79 Å². The Morgan fingerprint density at radius 3 is 1.11 bits per heavy atom. The van der Waals surface area contributed by atoms with Crippen LogP contribution in [0.15, 0.2) is 85.1 Å². The molecule has 0 fully saturated rings. The van der Waals surface area contributed by atoms with E-state index in [1.807, 2.05) is 6.08 Å². The highest BCUT2D eigenvalue weighted by atomic mass is 16.3. The van der Waals surface area contributed by atoms with Crippen LogP contribution >= 0.6 is 0 Å². The molecule has 4 nitrogen and oxygen atoms in total. The number of rotatable bonds is 49. The van der Waals surface area contributed by atoms with Crippen LogP contribution in [0.2, 0.25) is 0 Å². The predicted molar refractivity (Wildman–Crippen MR) is 280 cm³/mol. The molecular formula is C59H105NO3. The van der Waals surface area contributed by atoms with Crippen LogP contribution in [0.25, 0.3) is 0 Å². The lowest BCUT2D eigenvalue weighted by Gasteiger charge is -2.19. The fraction of sp³-hybridized carbons (Fsp3) is 0.746. The molecule has 0 aromatic rings. The third-order valence-electron chi connectivity index (χ3n) is 12.1. The summed E-state index contributed by atoms with van der Waals surface area (Å²) in [6.45, 7) is 4.19. The van der Waals surface area contributed by atoms with Gasteiger partial charge in [-0.2, -0.15) is 0 Å². The van der Waals surface area contributed by atoms with Crippen LogP contribution in [0.1, 0.15) is 264 Å². The average molecular weight is 876 g/mol. The molecule has 63 heavy (non-hydrogen) atoms. The molecule has 2 atom stereocenters. The number of nitrogens with one attached hydrogen (secondary N) is 1. The van der Waals surface area contributed by atoms with E-state index >= 15 is 0 Å². The lowest BCUT2D eigenvalue weighted by molar-refractivity contribution is -0.123. The first-order valence-corrected chi connectivity index (χ1v) is 27.3. The number of hydrogen-bond donors (Lipinski definition) is 3. The first kappa shape index (κ1) is 60.6. The first-order valence-electron chi connectivity index (χ1n) is 27.3. The maximum absolute atomic E-state index is 12.5. The number of amides is 1. The fourth-order valence-electron chi connectivity index (χ4n) is 7.99. The van der Waals surface area contributed by atoms with Gasteiger partial charge in [-0.3, -0.25) is 4.79 Å². The van der Waals surface area contributed by atoms with Crippen molar-refractivity contribution in [2.75, 3.05) is 6.61 Å². The van der Waals surface area contributed by atoms with Crippen LogP contribution in [0.3, 0.4) is 0 Å². The topological polar surface area (TPSA) is 69.6 Å². The van der Waals surface area contributed by atoms with E-state index in [9.17, 15) is 15.0 Å². The van der Waals surface area contributed by atoms with E-state index in [2.05, 4.69) is 92.1 Å². The lowest BCUT2D eigenvalue weighted by atomic mass is 10.0. The zero-order valence-electron chi connectivity index (χ0n) is 41.8. The van der Waals surface area contributed by atoms with Crippen molar-refractivity contribution >= 4 is 5.91 Å². The summed E-state index contributed by atoms with van der Waals surface area (Å²) < 4.78 is 0. The second-order valence-corrected chi connectivity index (χ2v) is 18.3. The van der Waals surface area contributed by atoms with E-state index in [4.69, 9.17) is 0 Å². The summed E-state index contributed by atoms with van der Waals surface area (Å²) in [4.78, 5) is 12.5. The van der Waals surface area contributed by atoms with Crippen LogP contribution in [-0.4, -0.2) is 34.9 Å². The minimum absolute atomic E-state index is 0.0862. The van der Waals surface area contributed by atoms with E-state index in [0.717, 1.165) is 77.0 Å². The Kier molecular flexibility index (Phi) is 51.8. The molecule has 0 rings (SSSR count). The Hall–Kier alpha value is -2.43. The summed E-state index contributed by atoms with van der Waals surface area (Å²) in [6.07, 6.45) is 78.8. The molecule has 4 heteroatoms. The predicted octanol–water partition coefficient (Wildman–Crippen LogP) is 18.0. The molecule has 2 unspecified atom stereocenters. The van der Waals surface area contributed by atoms with E-state index in [1.165, 1.54) is 167 Å². The zero-order chi connectivity index (χ0) is 45.6. The van der Waals surface area contributed by atoms with E-state index in [1.54, 1.807) is 6.08 Å². The van der Waals surface area contributed by atoms with Crippen molar-refractivity contribution in [2.24, 2.45) is 0 Å². The number of aliphatic hydroxyl groups is 2. The summed E-state index contributed by atoms with van der Waals surface area (Å²) in [6, 6.07) is -0.652. The number of carbonyl (C=O) groups is 1. The normalized spacial score (nSPS) is 13.5. The Balaban J connectivity index is 3.59. The van der Waals surface area contributed by atoms with E-state index < -0.39 is 12.1 Å². The van der Waals surface area contributed by atoms with E-state index in [0.29, 0.717) is 6.42 Å². The van der Waals surface area contributed by atoms with Gasteiger partial charge in [-0.1, -0.05) is 266 Å². The summed E-state index contributed by atoms with van der Waals surface area (Å²) in [5, 5.41) is 23.1. The summed E-state index contributed by atoms with van der Waals surface area (Å²) in [5.41, 5.74) is 0. The molecule has 0 aliphatic rings. The largest absolute Gasteiger partial charge is 0.394 e. The Morgan fingerprint density at radius 1 is 0.397 bits per heavy atom. The van der Waals surface area contributed by atoms with Gasteiger partial charge in [0.05, 0.1) is 18.8 Å². The van der Waals surface area contributed by atoms with Crippen molar-refractivity contribution < 1.29 is 15.0 Å². The molecule has 3 N–H and O–H groups in total. The van der Waals surface area contributed by atoms with E-state index in [-0.39, 0.29) is 12.5 Å². The fourth-order valence-corrected chi connectivity index (χ4v) is 7.99. The van der Waals surface area contributed by atoms with Crippen molar-refractivity contribution in [1.29, 1.82) is 0 Å². The first-order chi connectivity index (χ1) is 31.2. The number of carbonyl (C=O) groups excluding carboxylic acids is 1. The van der Waals surface area contributed by atoms with Gasteiger partial charge in [0.2, 0.25) is 5.91 Å². The molecule has 0 saturated carbocycles. The standard InChI is InChI=1S/C59H105NO3/c1-3-5-7-9-11-13-15-17-19-21-23-25-27-28-29-30-31-33-34-36-38-40-42-44-46-48-50-52-54-58(62)57(56-61)60-59(63)55-53-51-49-47-45-43-41-39-37-35-32-26-24-22-20-18-16-14-12-10-8-6-4-2/h6,8,12,14,18,20,24,26,35,37,44,46,52,54,57-58,61-62H,3-5,7,9-11,13,15-17,19,21-23,25,27-34,36,38-43,45,47-51,53,55-56H2,1-2H3,(H,60,63)/b8-6-,14-12-,20-18-,26-24-,37-35-,46-44+,54-52+. The summed E-state index contributed by atoms with van der Waals surface area (Å²) >= 11 is 0. The van der Waals surface area contributed by atoms with Crippen LogP contribution in [0, 0.1) is 0 Å². The molecule has 0 aromatic heterocycles. The highest BCUT2D eigenvalue weighted by molar-refractivity contribution is 5.76. The highest BCUT2D eigenvalue weighted by Crippen LogP contribution is 2.16. The summed E-state index contributed by atoms with van der Waals surface area (Å²) in [7, 11) is 0. The van der Waals surface area contributed by atoms with Crippen LogP contribution < -0.4 is 5.32 Å². The molecule has 0 aromatic carbocycles. The van der Waals surface area contributed by atoms with Gasteiger partial charge >= 0.3 is 0 Å². The van der Waals surface area contributed by atoms with Crippen molar-refractivity contribution in [2.45, 2.75) is 276 Å². The zero-order valence-corrected chi connectivity index (χ0v) is 41.8. The number of aliphatic hydroxyl groups excluding tert-OH is 2. The number of unbranched alkanes of at least 4 members (excludes halogenated alkanes) is 30. The third-order valence-corrected chi connectivity index (χ3v) is 12.1. The maximum Gasteiger partial charge on any atom is 0.220 e. The molecule has 0 bridgehead atoms. The molecule has 0 saturated heterocycles. The molecule has 0 heterocycles. The lowest BCUT2D eigenvalue weighted by Crippen LogP contribution is -2.45. The van der Waals surface area contributed by atoms with Crippen molar-refractivity contribution in [3.63, 3.8) is 0 Å². The molecule has 0 radical (unpaired) electrons. The van der Waals surface area contributed by atoms with Gasteiger partial charge in [0.15, 0.2) is 0 Å². The van der Waals surface area contributed by atoms with Crippen LogP contribution in [0.5, 0.6) is 0 Å². The van der Waals surface area contributed by atoms with Crippen molar-refractivity contribution in [1.82, 2.24) is 5.32 Å². The molecule has 364 valence electrons. The Morgan fingerprint density at radius 2 is 0.714 bits per heavy atom. The highest BCUT2D eigenvalue weighted by Gasteiger charge is 2.17. The molecule has 0 spiro atoms. The van der Waals surface area contributed by atoms with Crippen LogP contribution in [0.4, 0.5) is 0 Å². The molecule has 1 amide bonds. The molecule has 0 aliphatic carbocycles. The van der Waals surface area contributed by atoms with Gasteiger partial charge in [-0.15, -0.1) is 0 Å². The minimum Gasteiger partial charge on any atom is -0.394 e. The number of hydrogen-bond acceptors (Lipinski definition) is 3. The van der Waals surface area contributed by atoms with Gasteiger partial charge in [0.1, 0.15) is 0 Å². The summed E-state index contributed by atoms with van der Waals surface area (Å²) in [5.74, 6) is -0.0862. The molecular weight excluding hydrogens is 771 g/mol. The Bertz CT molecular complexity index is 1130. The third kappa shape index (κ3) is 50.4. The SMILES string of the molecule is CC/C=C\C/C=C\C/C=C\C/C=C\C/C=C\CCCCCCCCCC(=O)NC(CO)C(O)/C=C/CC/C=C/CCCCCCCCCCCCCCCCCCCCCCCC. The quantitative estimate of drug-likeness (QED) is 0.0421. The average Bonchev–Trinajstić information content (AvgIpc) is 3.29. The van der Waals surface area contributed by atoms with Crippen molar-refractivity contribution in [3.05, 3.63) is 85.1 Å². The second-order valence-electron chi connectivity index (χ2n) is 18.3. The van der Waals surface area contributed by atoms with Crippen molar-refractivity contribution in [3.8, 4) is 0 Å². The smallest absolute Gasteiger partial charge is 0.220 e. The number of allylic oxidation sites excluding steroid dienone is 13. The van der Waals surface area contributed by atoms with Gasteiger partial charge in [-0.05, 0) is 77.0 Å². The molecule has 0 aliphatic heterocycles. The minimum atomic E-state index is -0.874. The monoisotopic (exact) mass is 876 g/mol. The Labute approximate surface area is 392 Å². The van der Waals surface area contributed by atoms with Gasteiger partial charge in [0, 0.05) is 6.42 Å².